The predicted octanol–water partition coefficient (Wildman–Crippen LogP) is 2.90. The van der Waals surface area contributed by atoms with Gasteiger partial charge in [0.1, 0.15) is 0 Å². The van der Waals surface area contributed by atoms with E-state index in [1.165, 1.54) is 12.8 Å². The molecule has 0 heterocycles. The minimum atomic E-state index is -0.903. The Morgan fingerprint density at radius 1 is 1.20 bits per heavy atom. The minimum absolute atomic E-state index is 0.0352. The second kappa shape index (κ2) is 7.08. The SMILES string of the molecule is O=C(O)CC(NC(=O)CC1CCCC1)c1ccccc1. The Morgan fingerprint density at radius 3 is 2.45 bits per heavy atom. The zero-order chi connectivity index (χ0) is 14.4. The predicted molar refractivity (Wildman–Crippen MR) is 76.2 cm³/mol. The van der Waals surface area contributed by atoms with Crippen molar-refractivity contribution in [3.63, 3.8) is 0 Å². The summed E-state index contributed by atoms with van der Waals surface area (Å²) >= 11 is 0. The van der Waals surface area contributed by atoms with Crippen LogP contribution in [0.4, 0.5) is 0 Å². The van der Waals surface area contributed by atoms with E-state index < -0.39 is 12.0 Å². The van der Waals surface area contributed by atoms with Gasteiger partial charge >= 0.3 is 5.97 Å². The number of carboxylic acids is 1. The van der Waals surface area contributed by atoms with Gasteiger partial charge in [-0.05, 0) is 24.3 Å². The molecular formula is C16H21NO3. The number of benzene rings is 1. The number of carbonyl (C=O) groups excluding carboxylic acids is 1. The second-order valence-electron chi connectivity index (χ2n) is 5.48. The van der Waals surface area contributed by atoms with Crippen molar-refractivity contribution >= 4 is 11.9 Å². The summed E-state index contributed by atoms with van der Waals surface area (Å²) in [5.41, 5.74) is 0.842. The summed E-state index contributed by atoms with van der Waals surface area (Å²) in [5, 5.41) is 11.9. The molecule has 1 amide bonds. The summed E-state index contributed by atoms with van der Waals surface area (Å²) in [7, 11) is 0. The standard InChI is InChI=1S/C16H21NO3/c18-15(10-12-6-4-5-7-12)17-14(11-16(19)20)13-8-2-1-3-9-13/h1-3,8-9,12,14H,4-7,10-11H2,(H,17,18)(H,19,20). The van der Waals surface area contributed by atoms with Crippen LogP contribution in [0, 0.1) is 5.92 Å². The van der Waals surface area contributed by atoms with Gasteiger partial charge < -0.3 is 10.4 Å². The number of carboxylic acid groups (broad SMARTS) is 1. The number of hydrogen-bond donors (Lipinski definition) is 2. The first-order chi connectivity index (χ1) is 9.65. The van der Waals surface area contributed by atoms with Gasteiger partial charge in [0.15, 0.2) is 0 Å². The molecule has 20 heavy (non-hydrogen) atoms. The van der Waals surface area contributed by atoms with Gasteiger partial charge in [0, 0.05) is 6.42 Å². The number of nitrogens with one attached hydrogen (secondary N) is 1. The Balaban J connectivity index is 1.96. The fourth-order valence-corrected chi connectivity index (χ4v) is 2.84. The van der Waals surface area contributed by atoms with Crippen LogP contribution in [-0.4, -0.2) is 17.0 Å². The lowest BCUT2D eigenvalue weighted by Gasteiger charge is -2.18. The van der Waals surface area contributed by atoms with E-state index in [1.807, 2.05) is 30.3 Å². The van der Waals surface area contributed by atoms with E-state index in [9.17, 15) is 9.59 Å². The average molecular weight is 275 g/mol. The van der Waals surface area contributed by atoms with Gasteiger partial charge in [-0.1, -0.05) is 43.2 Å². The van der Waals surface area contributed by atoms with Gasteiger partial charge in [-0.25, -0.2) is 0 Å². The number of aliphatic carboxylic acids is 1. The van der Waals surface area contributed by atoms with Crippen molar-refractivity contribution < 1.29 is 14.7 Å². The molecule has 1 saturated carbocycles. The van der Waals surface area contributed by atoms with Crippen molar-refractivity contribution in [1.29, 1.82) is 0 Å². The Morgan fingerprint density at radius 2 is 1.85 bits per heavy atom. The van der Waals surface area contributed by atoms with Gasteiger partial charge in [0.05, 0.1) is 12.5 Å². The number of hydrogen-bond acceptors (Lipinski definition) is 2. The van der Waals surface area contributed by atoms with Gasteiger partial charge in [-0.3, -0.25) is 9.59 Å². The van der Waals surface area contributed by atoms with Crippen molar-refractivity contribution in [3.8, 4) is 0 Å². The maximum atomic E-state index is 12.1. The van der Waals surface area contributed by atoms with Crippen LogP contribution < -0.4 is 5.32 Å². The topological polar surface area (TPSA) is 66.4 Å². The zero-order valence-corrected chi connectivity index (χ0v) is 11.5. The molecule has 0 saturated heterocycles. The molecule has 1 unspecified atom stereocenters. The molecule has 0 aromatic heterocycles. The van der Waals surface area contributed by atoms with Crippen LogP contribution in [0.2, 0.25) is 0 Å². The van der Waals surface area contributed by atoms with Crippen molar-refractivity contribution in [1.82, 2.24) is 5.32 Å². The molecule has 1 atom stereocenters. The molecule has 108 valence electrons. The molecule has 2 rings (SSSR count). The minimum Gasteiger partial charge on any atom is -0.481 e. The largest absolute Gasteiger partial charge is 0.481 e. The third-order valence-corrected chi connectivity index (χ3v) is 3.86. The fraction of sp³-hybridized carbons (Fsp3) is 0.500. The highest BCUT2D eigenvalue weighted by molar-refractivity contribution is 5.78. The normalized spacial score (nSPS) is 16.8. The van der Waals surface area contributed by atoms with Crippen LogP contribution >= 0.6 is 0 Å². The Kier molecular flexibility index (Phi) is 5.16. The quantitative estimate of drug-likeness (QED) is 0.839. The number of carbonyl (C=O) groups is 2. The molecule has 1 aliphatic carbocycles. The Labute approximate surface area is 119 Å². The van der Waals surface area contributed by atoms with Gasteiger partial charge in [-0.2, -0.15) is 0 Å². The molecule has 1 aliphatic rings. The van der Waals surface area contributed by atoms with E-state index in [1.54, 1.807) is 0 Å². The van der Waals surface area contributed by atoms with E-state index in [2.05, 4.69) is 5.32 Å². The summed E-state index contributed by atoms with van der Waals surface area (Å²) in [6.07, 6.45) is 5.07. The first-order valence-electron chi connectivity index (χ1n) is 7.21. The first kappa shape index (κ1) is 14.6. The van der Waals surface area contributed by atoms with Crippen molar-refractivity contribution in [3.05, 3.63) is 35.9 Å². The smallest absolute Gasteiger partial charge is 0.305 e. The van der Waals surface area contributed by atoms with E-state index in [4.69, 9.17) is 5.11 Å². The molecule has 0 radical (unpaired) electrons. The zero-order valence-electron chi connectivity index (χ0n) is 11.5. The molecule has 2 N–H and O–H groups in total. The van der Waals surface area contributed by atoms with Gasteiger partial charge in [-0.15, -0.1) is 0 Å². The van der Waals surface area contributed by atoms with Crippen LogP contribution in [0.25, 0.3) is 0 Å². The highest BCUT2D eigenvalue weighted by Gasteiger charge is 2.22. The van der Waals surface area contributed by atoms with Crippen LogP contribution in [0.3, 0.4) is 0 Å². The van der Waals surface area contributed by atoms with Crippen molar-refractivity contribution in [2.75, 3.05) is 0 Å². The van der Waals surface area contributed by atoms with Crippen molar-refractivity contribution in [2.45, 2.75) is 44.6 Å². The Bertz CT molecular complexity index is 452. The van der Waals surface area contributed by atoms with Crippen LogP contribution in [0.5, 0.6) is 0 Å². The van der Waals surface area contributed by atoms with E-state index >= 15 is 0 Å². The molecule has 0 aliphatic heterocycles. The van der Waals surface area contributed by atoms with E-state index in [0.29, 0.717) is 12.3 Å². The molecule has 0 bridgehead atoms. The third-order valence-electron chi connectivity index (χ3n) is 3.86. The highest BCUT2D eigenvalue weighted by atomic mass is 16.4. The summed E-state index contributed by atoms with van der Waals surface area (Å²) in [5.74, 6) is -0.469. The number of rotatable bonds is 6. The molecule has 1 aromatic carbocycles. The summed E-state index contributed by atoms with van der Waals surface area (Å²) in [6.45, 7) is 0. The van der Waals surface area contributed by atoms with Crippen LogP contribution in [-0.2, 0) is 9.59 Å². The summed E-state index contributed by atoms with van der Waals surface area (Å²) in [4.78, 5) is 23.0. The molecule has 1 aromatic rings. The van der Waals surface area contributed by atoms with Crippen LogP contribution in [0.15, 0.2) is 30.3 Å². The second-order valence-corrected chi connectivity index (χ2v) is 5.48. The van der Waals surface area contributed by atoms with Gasteiger partial charge in [0.2, 0.25) is 5.91 Å². The van der Waals surface area contributed by atoms with Crippen molar-refractivity contribution in [2.24, 2.45) is 5.92 Å². The lowest BCUT2D eigenvalue weighted by atomic mass is 10.0. The third kappa shape index (κ3) is 4.37. The number of amides is 1. The lowest BCUT2D eigenvalue weighted by molar-refractivity contribution is -0.137. The Hall–Kier alpha value is -1.84. The maximum Gasteiger partial charge on any atom is 0.305 e. The average Bonchev–Trinajstić information content (AvgIpc) is 2.91. The summed E-state index contributed by atoms with van der Waals surface area (Å²) in [6, 6.07) is 8.84. The highest BCUT2D eigenvalue weighted by Crippen LogP contribution is 2.28. The fourth-order valence-electron chi connectivity index (χ4n) is 2.84. The molecule has 4 nitrogen and oxygen atoms in total. The molecule has 1 fully saturated rings. The molecule has 0 spiro atoms. The van der Waals surface area contributed by atoms with E-state index in [0.717, 1.165) is 18.4 Å². The maximum absolute atomic E-state index is 12.1. The molecular weight excluding hydrogens is 254 g/mol. The monoisotopic (exact) mass is 275 g/mol. The van der Waals surface area contributed by atoms with Gasteiger partial charge in [0.25, 0.3) is 0 Å². The lowest BCUT2D eigenvalue weighted by Crippen LogP contribution is -2.31. The van der Waals surface area contributed by atoms with Crippen LogP contribution in [0.1, 0.15) is 50.1 Å². The van der Waals surface area contributed by atoms with E-state index in [-0.39, 0.29) is 12.3 Å². The first-order valence-corrected chi connectivity index (χ1v) is 7.21. The molecule has 4 heteroatoms. The summed E-state index contributed by atoms with van der Waals surface area (Å²) < 4.78 is 0.